The second kappa shape index (κ2) is 20.6. The van der Waals surface area contributed by atoms with Crippen molar-refractivity contribution in [1.82, 2.24) is 0 Å². The van der Waals surface area contributed by atoms with E-state index in [9.17, 15) is 0 Å². The molecule has 0 aliphatic carbocycles. The molecule has 0 spiro atoms. The molecule has 1 aromatic carbocycles. The second-order valence-corrected chi connectivity index (χ2v) is 8.82. The third kappa shape index (κ3) is 13.7. The van der Waals surface area contributed by atoms with Crippen LogP contribution in [-0.2, 0) is 12.8 Å². The number of allylic oxidation sites excluding steroid dienone is 2. The molecule has 0 aliphatic rings. The highest BCUT2D eigenvalue weighted by Gasteiger charge is 2.04. The largest absolute Gasteiger partial charge is 0.0915 e. The minimum atomic E-state index is 1.06. The van der Waals surface area contributed by atoms with Gasteiger partial charge in [0.2, 0.25) is 0 Å². The predicted octanol–water partition coefficient (Wildman–Crippen LogP) is 8.98. The summed E-state index contributed by atoms with van der Waals surface area (Å²) in [4.78, 5) is 0. The Morgan fingerprint density at radius 1 is 0.710 bits per heavy atom. The van der Waals surface area contributed by atoms with Crippen molar-refractivity contribution in [2.45, 2.75) is 137 Å². The number of rotatable bonds is 17. The van der Waals surface area contributed by atoms with Crippen LogP contribution in [0.1, 0.15) is 134 Å². The Labute approximate surface area is 195 Å². The normalized spacial score (nSPS) is 11.0. The van der Waals surface area contributed by atoms with Crippen molar-refractivity contribution in [1.29, 1.82) is 0 Å². The van der Waals surface area contributed by atoms with Crippen molar-refractivity contribution in [3.05, 3.63) is 45.3 Å². The van der Waals surface area contributed by atoms with Crippen LogP contribution in [0, 0.1) is 6.92 Å². The molecular formula is C31H54. The summed E-state index contributed by atoms with van der Waals surface area (Å²) in [7, 11) is 0. The number of hydrogen-bond acceptors (Lipinski definition) is 0. The van der Waals surface area contributed by atoms with Crippen LogP contribution in [-0.4, -0.2) is 0 Å². The summed E-state index contributed by atoms with van der Waals surface area (Å²) in [6, 6.07) is 2.23. The van der Waals surface area contributed by atoms with Crippen LogP contribution < -0.4 is 10.4 Å². The van der Waals surface area contributed by atoms with Crippen LogP contribution in [0.2, 0.25) is 0 Å². The molecule has 0 heterocycles. The van der Waals surface area contributed by atoms with Crippen LogP contribution >= 0.6 is 0 Å². The lowest BCUT2D eigenvalue weighted by Gasteiger charge is -2.11. The molecule has 0 saturated carbocycles. The molecule has 0 aromatic heterocycles. The highest BCUT2D eigenvalue weighted by Crippen LogP contribution is 2.12. The molecule has 0 saturated heterocycles. The molecule has 0 atom stereocenters. The summed E-state index contributed by atoms with van der Waals surface area (Å²) in [6.07, 6.45) is 26.2. The Kier molecular flexibility index (Phi) is 19.7. The maximum Gasteiger partial charge on any atom is -0.0261 e. The summed E-state index contributed by atoms with van der Waals surface area (Å²) in [5.74, 6) is 0. The van der Waals surface area contributed by atoms with Gasteiger partial charge in [-0.2, -0.15) is 0 Å². The van der Waals surface area contributed by atoms with Gasteiger partial charge in [0.05, 0.1) is 0 Å². The molecular weight excluding hydrogens is 372 g/mol. The molecule has 1 rings (SSSR count). The zero-order valence-electron chi connectivity index (χ0n) is 22.0. The molecule has 0 N–H and O–H groups in total. The van der Waals surface area contributed by atoms with Crippen LogP contribution in [0.3, 0.4) is 0 Å². The van der Waals surface area contributed by atoms with E-state index in [2.05, 4.69) is 52.1 Å². The molecule has 31 heavy (non-hydrogen) atoms. The summed E-state index contributed by atoms with van der Waals surface area (Å²) >= 11 is 0. The smallest absolute Gasteiger partial charge is 0.0261 e. The Balaban J connectivity index is 0.00000436. The van der Waals surface area contributed by atoms with Crippen molar-refractivity contribution < 1.29 is 0 Å². The first-order valence-electron chi connectivity index (χ1n) is 13.6. The Bertz CT molecular complexity index is 664. The lowest BCUT2D eigenvalue weighted by atomic mass is 9.94. The minimum absolute atomic E-state index is 1.06. The van der Waals surface area contributed by atoms with Crippen LogP contribution in [0.25, 0.3) is 13.2 Å². The van der Waals surface area contributed by atoms with Crippen LogP contribution in [0.5, 0.6) is 0 Å². The van der Waals surface area contributed by atoms with Gasteiger partial charge in [0, 0.05) is 0 Å². The SMILES string of the molecule is C=c1cc(CC)c(=C)c(CCCCCCCCC/C=C/CCCCCCC)c1C.CC. The van der Waals surface area contributed by atoms with E-state index < -0.39 is 0 Å². The summed E-state index contributed by atoms with van der Waals surface area (Å²) in [5, 5.41) is 2.46. The highest BCUT2D eigenvalue weighted by atomic mass is 14.1. The van der Waals surface area contributed by atoms with E-state index >= 15 is 0 Å². The first-order valence-corrected chi connectivity index (χ1v) is 13.6. The molecule has 0 amide bonds. The van der Waals surface area contributed by atoms with Gasteiger partial charge >= 0.3 is 0 Å². The van der Waals surface area contributed by atoms with Gasteiger partial charge in [0.15, 0.2) is 0 Å². The lowest BCUT2D eigenvalue weighted by Crippen LogP contribution is -2.22. The fourth-order valence-electron chi connectivity index (χ4n) is 4.22. The van der Waals surface area contributed by atoms with E-state index in [1.54, 1.807) is 0 Å². The molecule has 0 fully saturated rings. The lowest BCUT2D eigenvalue weighted by molar-refractivity contribution is 0.580. The zero-order chi connectivity index (χ0) is 23.3. The number of unbranched alkanes of at least 4 members (excludes halogenated alkanes) is 12. The molecule has 0 bridgehead atoms. The van der Waals surface area contributed by atoms with Crippen molar-refractivity contribution in [2.24, 2.45) is 0 Å². The van der Waals surface area contributed by atoms with Crippen LogP contribution in [0.4, 0.5) is 0 Å². The first kappa shape index (κ1) is 29.7. The second-order valence-electron chi connectivity index (χ2n) is 8.82. The van der Waals surface area contributed by atoms with E-state index in [0.29, 0.717) is 0 Å². The fraction of sp³-hybridized carbons (Fsp3) is 0.677. The summed E-state index contributed by atoms with van der Waals surface area (Å²) in [5.41, 5.74) is 4.20. The number of aryl methyl sites for hydroxylation is 1. The Hall–Kier alpha value is -1.30. The first-order chi connectivity index (χ1) is 15.1. The minimum Gasteiger partial charge on any atom is -0.0915 e. The van der Waals surface area contributed by atoms with Gasteiger partial charge in [-0.15, -0.1) is 0 Å². The standard InChI is InChI=1S/C29H48.C2H6/c1-6-8-9-10-11-12-13-14-15-16-17-18-19-20-21-22-23-29-26(4)25(3)24-28(7-2)27(29)5;1-2/h13-14,24H,3,5-12,15-23H2,1-2,4H3;1-2H3/b14-13+;. The zero-order valence-corrected chi connectivity index (χ0v) is 22.0. The summed E-state index contributed by atoms with van der Waals surface area (Å²) < 4.78 is 0. The van der Waals surface area contributed by atoms with Crippen molar-refractivity contribution >= 4 is 13.2 Å². The van der Waals surface area contributed by atoms with Crippen molar-refractivity contribution in [2.75, 3.05) is 0 Å². The fourth-order valence-corrected chi connectivity index (χ4v) is 4.22. The van der Waals surface area contributed by atoms with Crippen molar-refractivity contribution in [3.63, 3.8) is 0 Å². The van der Waals surface area contributed by atoms with Crippen LogP contribution in [0.15, 0.2) is 18.2 Å². The third-order valence-electron chi connectivity index (χ3n) is 6.35. The average molecular weight is 427 g/mol. The molecule has 0 nitrogen and oxygen atoms in total. The maximum absolute atomic E-state index is 4.35. The molecule has 0 aliphatic heterocycles. The van der Waals surface area contributed by atoms with Gasteiger partial charge in [-0.05, 0) is 79.0 Å². The Morgan fingerprint density at radius 2 is 1.19 bits per heavy atom. The maximum atomic E-state index is 4.35. The molecule has 178 valence electrons. The van der Waals surface area contributed by atoms with E-state index in [-0.39, 0.29) is 0 Å². The van der Waals surface area contributed by atoms with Gasteiger partial charge in [-0.3, -0.25) is 0 Å². The van der Waals surface area contributed by atoms with E-state index in [4.69, 9.17) is 0 Å². The van der Waals surface area contributed by atoms with E-state index in [1.165, 1.54) is 123 Å². The number of benzene rings is 1. The van der Waals surface area contributed by atoms with Crippen molar-refractivity contribution in [3.8, 4) is 0 Å². The summed E-state index contributed by atoms with van der Waals surface area (Å²) in [6.45, 7) is 19.3. The average Bonchev–Trinajstić information content (AvgIpc) is 2.79. The van der Waals surface area contributed by atoms with Gasteiger partial charge in [0.25, 0.3) is 0 Å². The monoisotopic (exact) mass is 426 g/mol. The van der Waals surface area contributed by atoms with E-state index in [1.807, 2.05) is 13.8 Å². The quantitative estimate of drug-likeness (QED) is 0.172. The highest BCUT2D eigenvalue weighted by molar-refractivity contribution is 5.37. The predicted molar refractivity (Wildman–Crippen MR) is 145 cm³/mol. The van der Waals surface area contributed by atoms with Gasteiger partial charge in [-0.1, -0.05) is 117 Å². The molecule has 0 radical (unpaired) electrons. The third-order valence-corrected chi connectivity index (χ3v) is 6.35. The van der Waals surface area contributed by atoms with Gasteiger partial charge < -0.3 is 0 Å². The van der Waals surface area contributed by atoms with Gasteiger partial charge in [0.1, 0.15) is 0 Å². The van der Waals surface area contributed by atoms with E-state index in [0.717, 1.165) is 6.42 Å². The molecule has 0 heteroatoms. The molecule has 0 unspecified atom stereocenters. The molecule has 1 aromatic rings. The number of hydrogen-bond donors (Lipinski definition) is 0. The topological polar surface area (TPSA) is 0 Å². The van der Waals surface area contributed by atoms with Gasteiger partial charge in [-0.25, -0.2) is 0 Å². The Morgan fingerprint density at radius 3 is 1.71 bits per heavy atom.